The topological polar surface area (TPSA) is 57.6 Å². The fourth-order valence-electron chi connectivity index (χ4n) is 1.78. The van der Waals surface area contributed by atoms with Gasteiger partial charge in [-0.1, -0.05) is 26.0 Å². The standard InChI is InChI=1S/C13H21NO3S/c1-4-9-14(5-2)18(16,17)13-8-6-7-12(10-13)11(3)15/h6-8,10-11,15H,4-5,9H2,1-3H3. The normalized spacial score (nSPS) is 13.8. The predicted molar refractivity (Wildman–Crippen MR) is 71.8 cm³/mol. The second-order valence-electron chi connectivity index (χ2n) is 4.25. The average molecular weight is 271 g/mol. The van der Waals surface area contributed by atoms with Crippen LogP contribution in [-0.2, 0) is 10.0 Å². The predicted octanol–water partition coefficient (Wildman–Crippen LogP) is 2.16. The third-order valence-electron chi connectivity index (χ3n) is 2.80. The number of aliphatic hydroxyl groups is 1. The van der Waals surface area contributed by atoms with Crippen molar-refractivity contribution in [2.24, 2.45) is 0 Å². The van der Waals surface area contributed by atoms with Crippen molar-refractivity contribution in [2.75, 3.05) is 13.1 Å². The molecule has 1 aromatic carbocycles. The molecule has 1 N–H and O–H groups in total. The summed E-state index contributed by atoms with van der Waals surface area (Å²) >= 11 is 0. The van der Waals surface area contributed by atoms with Crippen molar-refractivity contribution in [1.82, 2.24) is 4.31 Å². The van der Waals surface area contributed by atoms with Gasteiger partial charge in [-0.25, -0.2) is 8.42 Å². The first-order chi connectivity index (χ1) is 8.43. The fourth-order valence-corrected chi connectivity index (χ4v) is 3.38. The molecule has 5 heteroatoms. The summed E-state index contributed by atoms with van der Waals surface area (Å²) in [4.78, 5) is 0.246. The van der Waals surface area contributed by atoms with E-state index in [1.165, 1.54) is 4.31 Å². The Hall–Kier alpha value is -0.910. The molecule has 0 saturated carbocycles. The van der Waals surface area contributed by atoms with Gasteiger partial charge in [0.25, 0.3) is 0 Å². The van der Waals surface area contributed by atoms with Crippen LogP contribution >= 0.6 is 0 Å². The highest BCUT2D eigenvalue weighted by Gasteiger charge is 2.22. The van der Waals surface area contributed by atoms with Crippen LogP contribution in [0.15, 0.2) is 29.2 Å². The van der Waals surface area contributed by atoms with E-state index >= 15 is 0 Å². The van der Waals surface area contributed by atoms with Crippen LogP contribution in [0.25, 0.3) is 0 Å². The summed E-state index contributed by atoms with van der Waals surface area (Å²) in [7, 11) is -3.45. The van der Waals surface area contributed by atoms with Gasteiger partial charge in [-0.2, -0.15) is 4.31 Å². The molecule has 0 bridgehead atoms. The highest BCUT2D eigenvalue weighted by atomic mass is 32.2. The van der Waals surface area contributed by atoms with Gasteiger partial charge in [-0.15, -0.1) is 0 Å². The maximum Gasteiger partial charge on any atom is 0.243 e. The Kier molecular flexibility index (Phi) is 5.31. The van der Waals surface area contributed by atoms with E-state index in [0.29, 0.717) is 18.7 Å². The first-order valence-corrected chi connectivity index (χ1v) is 7.65. The molecule has 1 atom stereocenters. The summed E-state index contributed by atoms with van der Waals surface area (Å²) in [5.41, 5.74) is 0.614. The zero-order valence-electron chi connectivity index (χ0n) is 11.1. The molecule has 0 fully saturated rings. The third-order valence-corrected chi connectivity index (χ3v) is 4.77. The highest BCUT2D eigenvalue weighted by Crippen LogP contribution is 2.20. The minimum Gasteiger partial charge on any atom is -0.389 e. The molecular formula is C13H21NO3S. The second-order valence-corrected chi connectivity index (χ2v) is 6.18. The van der Waals surface area contributed by atoms with Crippen molar-refractivity contribution in [1.29, 1.82) is 0 Å². The molecule has 18 heavy (non-hydrogen) atoms. The summed E-state index contributed by atoms with van der Waals surface area (Å²) in [6.07, 6.45) is 0.116. The van der Waals surface area contributed by atoms with Crippen molar-refractivity contribution < 1.29 is 13.5 Å². The van der Waals surface area contributed by atoms with Crippen molar-refractivity contribution in [3.05, 3.63) is 29.8 Å². The summed E-state index contributed by atoms with van der Waals surface area (Å²) in [5, 5.41) is 9.50. The zero-order valence-corrected chi connectivity index (χ0v) is 11.9. The van der Waals surface area contributed by atoms with Crippen LogP contribution in [0, 0.1) is 0 Å². The monoisotopic (exact) mass is 271 g/mol. The summed E-state index contributed by atoms with van der Waals surface area (Å²) in [6.45, 7) is 6.36. The first kappa shape index (κ1) is 15.1. The summed E-state index contributed by atoms with van der Waals surface area (Å²) in [5.74, 6) is 0. The molecule has 1 aromatic rings. The molecule has 0 saturated heterocycles. The van der Waals surface area contributed by atoms with Crippen LogP contribution in [0.4, 0.5) is 0 Å². The molecule has 0 aliphatic heterocycles. The van der Waals surface area contributed by atoms with E-state index in [4.69, 9.17) is 0 Å². The number of benzene rings is 1. The van der Waals surface area contributed by atoms with Gasteiger partial charge >= 0.3 is 0 Å². The maximum absolute atomic E-state index is 12.4. The van der Waals surface area contributed by atoms with Crippen LogP contribution in [0.1, 0.15) is 38.9 Å². The van der Waals surface area contributed by atoms with E-state index in [0.717, 1.165) is 6.42 Å². The number of aliphatic hydroxyl groups excluding tert-OH is 1. The van der Waals surface area contributed by atoms with Crippen LogP contribution in [0.3, 0.4) is 0 Å². The van der Waals surface area contributed by atoms with Gasteiger partial charge in [0.2, 0.25) is 10.0 Å². The molecule has 0 aliphatic rings. The second kappa shape index (κ2) is 6.31. The lowest BCUT2D eigenvalue weighted by Gasteiger charge is -2.20. The first-order valence-electron chi connectivity index (χ1n) is 6.21. The zero-order chi connectivity index (χ0) is 13.8. The molecule has 0 radical (unpaired) electrons. The van der Waals surface area contributed by atoms with E-state index in [-0.39, 0.29) is 4.90 Å². The maximum atomic E-state index is 12.4. The van der Waals surface area contributed by atoms with Crippen molar-refractivity contribution in [3.8, 4) is 0 Å². The molecule has 0 aliphatic carbocycles. The molecule has 0 heterocycles. The van der Waals surface area contributed by atoms with Gasteiger partial charge in [0.15, 0.2) is 0 Å². The Morgan fingerprint density at radius 1 is 1.33 bits per heavy atom. The average Bonchev–Trinajstić information content (AvgIpc) is 2.35. The van der Waals surface area contributed by atoms with Gasteiger partial charge in [-0.3, -0.25) is 0 Å². The molecule has 0 aromatic heterocycles. The van der Waals surface area contributed by atoms with E-state index in [1.54, 1.807) is 31.2 Å². The van der Waals surface area contributed by atoms with Crippen molar-refractivity contribution >= 4 is 10.0 Å². The fraction of sp³-hybridized carbons (Fsp3) is 0.538. The Morgan fingerprint density at radius 3 is 2.50 bits per heavy atom. The van der Waals surface area contributed by atoms with Crippen LogP contribution < -0.4 is 0 Å². The quantitative estimate of drug-likeness (QED) is 0.862. The van der Waals surface area contributed by atoms with Gasteiger partial charge < -0.3 is 5.11 Å². The van der Waals surface area contributed by atoms with Crippen molar-refractivity contribution in [2.45, 2.75) is 38.2 Å². The smallest absolute Gasteiger partial charge is 0.243 e. The van der Waals surface area contributed by atoms with Crippen LogP contribution in [-0.4, -0.2) is 30.9 Å². The summed E-state index contributed by atoms with van der Waals surface area (Å²) < 4.78 is 26.2. The van der Waals surface area contributed by atoms with E-state index < -0.39 is 16.1 Å². The highest BCUT2D eigenvalue weighted by molar-refractivity contribution is 7.89. The molecule has 0 spiro atoms. The number of sulfonamides is 1. The Bertz CT molecular complexity index is 483. The lowest BCUT2D eigenvalue weighted by atomic mass is 10.1. The van der Waals surface area contributed by atoms with Gasteiger partial charge in [-0.05, 0) is 31.0 Å². The van der Waals surface area contributed by atoms with E-state index in [2.05, 4.69) is 0 Å². The van der Waals surface area contributed by atoms with E-state index in [9.17, 15) is 13.5 Å². The van der Waals surface area contributed by atoms with Gasteiger partial charge in [0.05, 0.1) is 11.0 Å². The lowest BCUT2D eigenvalue weighted by molar-refractivity contribution is 0.199. The Labute approximate surface area is 109 Å². The molecule has 0 amide bonds. The molecule has 1 unspecified atom stereocenters. The molecule has 4 nitrogen and oxygen atoms in total. The molecule has 1 rings (SSSR count). The Balaban J connectivity index is 3.15. The Morgan fingerprint density at radius 2 is 2.00 bits per heavy atom. The minimum atomic E-state index is -3.45. The van der Waals surface area contributed by atoms with E-state index in [1.807, 2.05) is 13.8 Å². The summed E-state index contributed by atoms with van der Waals surface area (Å²) in [6, 6.07) is 6.49. The number of hydrogen-bond acceptors (Lipinski definition) is 3. The molecular weight excluding hydrogens is 250 g/mol. The SMILES string of the molecule is CCCN(CC)S(=O)(=O)c1cccc(C(C)O)c1. The number of rotatable bonds is 6. The lowest BCUT2D eigenvalue weighted by Crippen LogP contribution is -2.31. The third kappa shape index (κ3) is 3.31. The largest absolute Gasteiger partial charge is 0.389 e. The molecule has 102 valence electrons. The number of hydrogen-bond donors (Lipinski definition) is 1. The van der Waals surface area contributed by atoms with Crippen LogP contribution in [0.2, 0.25) is 0 Å². The van der Waals surface area contributed by atoms with Crippen molar-refractivity contribution in [3.63, 3.8) is 0 Å². The minimum absolute atomic E-state index is 0.246. The number of nitrogens with zero attached hydrogens (tertiary/aromatic N) is 1. The van der Waals surface area contributed by atoms with Crippen LogP contribution in [0.5, 0.6) is 0 Å². The van der Waals surface area contributed by atoms with Gasteiger partial charge in [0, 0.05) is 13.1 Å². The van der Waals surface area contributed by atoms with Gasteiger partial charge in [0.1, 0.15) is 0 Å².